The average molecular weight is 370 g/mol. The first kappa shape index (κ1) is 18.5. The number of aliphatic hydroxyl groups excluding tert-OH is 1. The lowest BCUT2D eigenvalue weighted by Crippen LogP contribution is -2.20. The van der Waals surface area contributed by atoms with E-state index in [0.29, 0.717) is 6.54 Å². The van der Waals surface area contributed by atoms with E-state index in [0.717, 1.165) is 18.7 Å². The molecule has 3 aromatic carbocycles. The third kappa shape index (κ3) is 4.01. The summed E-state index contributed by atoms with van der Waals surface area (Å²) in [6, 6.07) is 26.9. The highest BCUT2D eigenvalue weighted by molar-refractivity contribution is 5.84. The molecule has 0 aliphatic heterocycles. The van der Waals surface area contributed by atoms with Crippen LogP contribution in [-0.2, 0) is 13.1 Å². The molecule has 3 nitrogen and oxygen atoms in total. The van der Waals surface area contributed by atoms with E-state index in [1.165, 1.54) is 27.6 Å². The van der Waals surface area contributed by atoms with Crippen LogP contribution in [0, 0.1) is 6.92 Å². The highest BCUT2D eigenvalue weighted by atomic mass is 16.3. The Labute approximate surface area is 166 Å². The predicted octanol–water partition coefficient (Wildman–Crippen LogP) is 4.82. The van der Waals surface area contributed by atoms with E-state index < -0.39 is 6.10 Å². The fourth-order valence-corrected chi connectivity index (χ4v) is 3.70. The zero-order chi connectivity index (χ0) is 19.3. The molecule has 0 radical (unpaired) electrons. The first-order valence-corrected chi connectivity index (χ1v) is 9.77. The fraction of sp³-hybridized carbons (Fsp3) is 0.200. The van der Waals surface area contributed by atoms with Crippen LogP contribution in [0.4, 0.5) is 0 Å². The van der Waals surface area contributed by atoms with Crippen LogP contribution in [0.25, 0.3) is 10.9 Å². The Morgan fingerprint density at radius 3 is 2.39 bits per heavy atom. The molecule has 28 heavy (non-hydrogen) atoms. The van der Waals surface area contributed by atoms with Gasteiger partial charge in [0.25, 0.3) is 0 Å². The number of aliphatic hydroxyl groups is 1. The van der Waals surface area contributed by atoms with Crippen molar-refractivity contribution in [2.45, 2.75) is 26.1 Å². The van der Waals surface area contributed by atoms with Gasteiger partial charge in [-0.25, -0.2) is 0 Å². The zero-order valence-corrected chi connectivity index (χ0v) is 16.2. The van der Waals surface area contributed by atoms with Crippen LogP contribution >= 0.6 is 0 Å². The van der Waals surface area contributed by atoms with Crippen molar-refractivity contribution in [2.24, 2.45) is 0 Å². The van der Waals surface area contributed by atoms with Gasteiger partial charge in [0.05, 0.1) is 6.10 Å². The summed E-state index contributed by atoms with van der Waals surface area (Å²) < 4.78 is 2.32. The van der Waals surface area contributed by atoms with Gasteiger partial charge < -0.3 is 15.0 Å². The molecule has 142 valence electrons. The summed E-state index contributed by atoms with van der Waals surface area (Å²) in [6.07, 6.45) is 1.74. The summed E-state index contributed by atoms with van der Waals surface area (Å²) in [5, 5.41) is 15.1. The summed E-state index contributed by atoms with van der Waals surface area (Å²) in [7, 11) is 0. The van der Waals surface area contributed by atoms with Crippen molar-refractivity contribution in [3.05, 3.63) is 107 Å². The molecule has 4 aromatic rings. The average Bonchev–Trinajstić information content (AvgIpc) is 3.08. The highest BCUT2D eigenvalue weighted by Gasteiger charge is 2.11. The van der Waals surface area contributed by atoms with E-state index in [1.807, 2.05) is 30.3 Å². The van der Waals surface area contributed by atoms with E-state index in [-0.39, 0.29) is 0 Å². The molecule has 0 saturated heterocycles. The standard InChI is InChI=1S/C25H26N2O/c1-19-9-5-6-12-21(19)17-27-18-22(23-13-7-8-14-24(23)27)15-26-16-25(28)20-10-3-2-4-11-20/h2-14,18,25-26,28H,15-17H2,1H3/t25-/m0/s1. The maximum Gasteiger partial charge on any atom is 0.0914 e. The first-order valence-electron chi connectivity index (χ1n) is 9.77. The molecule has 0 aliphatic carbocycles. The van der Waals surface area contributed by atoms with Crippen molar-refractivity contribution >= 4 is 10.9 Å². The van der Waals surface area contributed by atoms with E-state index in [9.17, 15) is 5.11 Å². The zero-order valence-electron chi connectivity index (χ0n) is 16.2. The number of nitrogens with zero attached hydrogens (tertiary/aromatic N) is 1. The Bertz CT molecular complexity index is 1050. The van der Waals surface area contributed by atoms with Gasteiger partial charge in [-0.05, 0) is 35.2 Å². The molecule has 0 saturated carbocycles. The first-order chi connectivity index (χ1) is 13.7. The minimum absolute atomic E-state index is 0.499. The summed E-state index contributed by atoms with van der Waals surface area (Å²) >= 11 is 0. The largest absolute Gasteiger partial charge is 0.387 e. The lowest BCUT2D eigenvalue weighted by Gasteiger charge is -2.11. The van der Waals surface area contributed by atoms with Crippen LogP contribution in [0.5, 0.6) is 0 Å². The smallest absolute Gasteiger partial charge is 0.0914 e. The number of nitrogens with one attached hydrogen (secondary N) is 1. The number of hydrogen-bond donors (Lipinski definition) is 2. The number of aromatic nitrogens is 1. The molecule has 1 heterocycles. The van der Waals surface area contributed by atoms with Gasteiger partial charge in [-0.1, -0.05) is 72.8 Å². The summed E-state index contributed by atoms with van der Waals surface area (Å²) in [4.78, 5) is 0. The molecule has 2 N–H and O–H groups in total. The van der Waals surface area contributed by atoms with Crippen molar-refractivity contribution in [3.63, 3.8) is 0 Å². The van der Waals surface area contributed by atoms with E-state index >= 15 is 0 Å². The van der Waals surface area contributed by atoms with E-state index in [4.69, 9.17) is 0 Å². The monoisotopic (exact) mass is 370 g/mol. The molecule has 0 unspecified atom stereocenters. The SMILES string of the molecule is Cc1ccccc1Cn1cc(CNC[C@H](O)c2ccccc2)c2ccccc21. The lowest BCUT2D eigenvalue weighted by molar-refractivity contribution is 0.174. The molecule has 3 heteroatoms. The van der Waals surface area contributed by atoms with E-state index in [2.05, 4.69) is 71.5 Å². The van der Waals surface area contributed by atoms with Crippen molar-refractivity contribution in [2.75, 3.05) is 6.54 Å². The fourth-order valence-electron chi connectivity index (χ4n) is 3.70. The molecule has 0 amide bonds. The van der Waals surface area contributed by atoms with Crippen LogP contribution in [0.1, 0.15) is 28.4 Å². The maximum atomic E-state index is 10.4. The Balaban J connectivity index is 1.51. The molecule has 0 fully saturated rings. The summed E-state index contributed by atoms with van der Waals surface area (Å²) in [5.74, 6) is 0. The molecule has 1 aromatic heterocycles. The lowest BCUT2D eigenvalue weighted by atomic mass is 10.1. The number of fused-ring (bicyclic) bond motifs is 1. The van der Waals surface area contributed by atoms with Gasteiger partial charge in [-0.2, -0.15) is 0 Å². The molecule has 0 bridgehead atoms. The number of benzene rings is 3. The van der Waals surface area contributed by atoms with Crippen LogP contribution in [0.3, 0.4) is 0 Å². The van der Waals surface area contributed by atoms with Crippen LogP contribution in [0.15, 0.2) is 85.1 Å². The molecule has 4 rings (SSSR count). The quantitative estimate of drug-likeness (QED) is 0.489. The normalized spacial score (nSPS) is 12.4. The van der Waals surface area contributed by atoms with Crippen molar-refractivity contribution in [1.29, 1.82) is 0 Å². The number of para-hydroxylation sites is 1. The van der Waals surface area contributed by atoms with Crippen LogP contribution < -0.4 is 5.32 Å². The van der Waals surface area contributed by atoms with Crippen molar-refractivity contribution < 1.29 is 5.11 Å². The topological polar surface area (TPSA) is 37.2 Å². The second-order valence-corrected chi connectivity index (χ2v) is 7.28. The summed E-state index contributed by atoms with van der Waals surface area (Å²) in [6.45, 7) is 4.28. The van der Waals surface area contributed by atoms with Gasteiger partial charge in [-0.15, -0.1) is 0 Å². The Kier molecular flexibility index (Phi) is 5.56. The second-order valence-electron chi connectivity index (χ2n) is 7.28. The van der Waals surface area contributed by atoms with Gasteiger partial charge in [0.15, 0.2) is 0 Å². The molecular weight excluding hydrogens is 344 g/mol. The predicted molar refractivity (Wildman–Crippen MR) is 115 cm³/mol. The molecule has 0 spiro atoms. The van der Waals surface area contributed by atoms with Crippen LogP contribution in [-0.4, -0.2) is 16.2 Å². The van der Waals surface area contributed by atoms with Gasteiger partial charge in [0, 0.05) is 36.7 Å². The molecule has 1 atom stereocenters. The van der Waals surface area contributed by atoms with Gasteiger partial charge in [0.2, 0.25) is 0 Å². The van der Waals surface area contributed by atoms with Crippen molar-refractivity contribution in [1.82, 2.24) is 9.88 Å². The molecular formula is C25H26N2O. The Morgan fingerprint density at radius 2 is 1.57 bits per heavy atom. The summed E-state index contributed by atoms with van der Waals surface area (Å²) in [5.41, 5.74) is 6.08. The number of aryl methyl sites for hydroxylation is 1. The third-order valence-corrected chi connectivity index (χ3v) is 5.31. The Morgan fingerprint density at radius 1 is 0.857 bits per heavy atom. The highest BCUT2D eigenvalue weighted by Crippen LogP contribution is 2.23. The van der Waals surface area contributed by atoms with Crippen LogP contribution in [0.2, 0.25) is 0 Å². The maximum absolute atomic E-state index is 10.4. The minimum atomic E-state index is -0.499. The number of rotatable bonds is 7. The molecule has 0 aliphatic rings. The third-order valence-electron chi connectivity index (χ3n) is 5.31. The van der Waals surface area contributed by atoms with Gasteiger partial charge >= 0.3 is 0 Å². The number of hydrogen-bond acceptors (Lipinski definition) is 2. The minimum Gasteiger partial charge on any atom is -0.387 e. The van der Waals surface area contributed by atoms with Gasteiger partial charge in [0.1, 0.15) is 0 Å². The second kappa shape index (κ2) is 8.42. The van der Waals surface area contributed by atoms with Crippen molar-refractivity contribution in [3.8, 4) is 0 Å². The van der Waals surface area contributed by atoms with E-state index in [1.54, 1.807) is 0 Å². The Hall–Kier alpha value is -2.88. The van der Waals surface area contributed by atoms with Gasteiger partial charge in [-0.3, -0.25) is 0 Å².